The molecule has 4 heteroatoms. The summed E-state index contributed by atoms with van der Waals surface area (Å²) in [7, 11) is 3.28. The minimum atomic E-state index is 0.246. The van der Waals surface area contributed by atoms with Crippen molar-refractivity contribution in [1.29, 1.82) is 0 Å². The first-order valence-electron chi connectivity index (χ1n) is 6.83. The highest BCUT2D eigenvalue weighted by Crippen LogP contribution is 2.27. The first-order valence-corrected chi connectivity index (χ1v) is 7.21. The number of halogens is 1. The van der Waals surface area contributed by atoms with Crippen LogP contribution in [0.25, 0.3) is 0 Å². The molecule has 0 bridgehead atoms. The van der Waals surface area contributed by atoms with Crippen molar-refractivity contribution in [3.05, 3.63) is 58.6 Å². The topological polar surface area (TPSA) is 30.5 Å². The lowest BCUT2D eigenvalue weighted by molar-refractivity contribution is 0.354. The summed E-state index contributed by atoms with van der Waals surface area (Å²) in [6.07, 6.45) is 0. The van der Waals surface area contributed by atoms with Gasteiger partial charge in [-0.3, -0.25) is 0 Å². The minimum Gasteiger partial charge on any atom is -0.493 e. The van der Waals surface area contributed by atoms with Crippen molar-refractivity contribution in [2.24, 2.45) is 0 Å². The van der Waals surface area contributed by atoms with Crippen LogP contribution in [0.3, 0.4) is 0 Å². The van der Waals surface area contributed by atoms with E-state index in [1.54, 1.807) is 14.2 Å². The van der Waals surface area contributed by atoms with Crippen molar-refractivity contribution in [3.8, 4) is 11.5 Å². The highest BCUT2D eigenvalue weighted by molar-refractivity contribution is 6.30. The molecule has 0 amide bonds. The molecule has 1 N–H and O–H groups in total. The minimum absolute atomic E-state index is 0.246. The number of hydrogen-bond acceptors (Lipinski definition) is 3. The van der Waals surface area contributed by atoms with E-state index in [9.17, 15) is 0 Å². The lowest BCUT2D eigenvalue weighted by atomic mass is 10.1. The quantitative estimate of drug-likeness (QED) is 0.867. The number of ether oxygens (including phenoxy) is 2. The van der Waals surface area contributed by atoms with Crippen molar-refractivity contribution in [2.45, 2.75) is 19.5 Å². The van der Waals surface area contributed by atoms with Gasteiger partial charge in [0.1, 0.15) is 0 Å². The second-order valence-electron chi connectivity index (χ2n) is 4.84. The van der Waals surface area contributed by atoms with E-state index < -0.39 is 0 Å². The Morgan fingerprint density at radius 2 is 1.67 bits per heavy atom. The Hall–Kier alpha value is -1.71. The highest BCUT2D eigenvalue weighted by Gasteiger charge is 2.07. The molecular formula is C17H20ClNO2. The highest BCUT2D eigenvalue weighted by atomic mass is 35.5. The average Bonchev–Trinajstić information content (AvgIpc) is 2.52. The molecule has 21 heavy (non-hydrogen) atoms. The molecule has 0 aliphatic heterocycles. The largest absolute Gasteiger partial charge is 0.493 e. The van der Waals surface area contributed by atoms with E-state index in [0.29, 0.717) is 0 Å². The Balaban J connectivity index is 2.00. The van der Waals surface area contributed by atoms with E-state index in [1.807, 2.05) is 42.5 Å². The van der Waals surface area contributed by atoms with Gasteiger partial charge in [-0.2, -0.15) is 0 Å². The number of rotatable bonds is 6. The molecule has 2 aromatic carbocycles. The SMILES string of the molecule is COc1ccc(CN[C@H](C)c2ccc(Cl)cc2)cc1OC. The third-order valence-corrected chi connectivity index (χ3v) is 3.68. The smallest absolute Gasteiger partial charge is 0.161 e. The molecular weight excluding hydrogens is 286 g/mol. The third kappa shape index (κ3) is 4.13. The summed E-state index contributed by atoms with van der Waals surface area (Å²) in [5, 5.41) is 4.24. The van der Waals surface area contributed by atoms with Crippen LogP contribution in [-0.2, 0) is 6.54 Å². The normalized spacial score (nSPS) is 12.0. The van der Waals surface area contributed by atoms with Crippen molar-refractivity contribution in [3.63, 3.8) is 0 Å². The molecule has 112 valence electrons. The molecule has 0 aromatic heterocycles. The molecule has 0 radical (unpaired) electrons. The fourth-order valence-corrected chi connectivity index (χ4v) is 2.26. The van der Waals surface area contributed by atoms with Gasteiger partial charge in [-0.15, -0.1) is 0 Å². The maximum Gasteiger partial charge on any atom is 0.161 e. The lowest BCUT2D eigenvalue weighted by Gasteiger charge is -2.15. The molecule has 0 aliphatic rings. The fraction of sp³-hybridized carbons (Fsp3) is 0.294. The summed E-state index contributed by atoms with van der Waals surface area (Å²) in [4.78, 5) is 0. The predicted octanol–water partition coefficient (Wildman–Crippen LogP) is 4.21. The van der Waals surface area contributed by atoms with Crippen LogP contribution in [0.4, 0.5) is 0 Å². The van der Waals surface area contributed by atoms with Crippen LogP contribution in [0.1, 0.15) is 24.1 Å². The maximum absolute atomic E-state index is 5.91. The standard InChI is InChI=1S/C17H20ClNO2/c1-12(14-5-7-15(18)8-6-14)19-11-13-4-9-16(20-2)17(10-13)21-3/h4-10,12,19H,11H2,1-3H3/t12-/m1/s1. The molecule has 0 fully saturated rings. The van der Waals surface area contributed by atoms with Crippen LogP contribution < -0.4 is 14.8 Å². The Morgan fingerprint density at radius 3 is 2.29 bits per heavy atom. The Bertz CT molecular complexity index is 584. The molecule has 0 spiro atoms. The summed E-state index contributed by atoms with van der Waals surface area (Å²) in [5.41, 5.74) is 2.35. The van der Waals surface area contributed by atoms with Gasteiger partial charge in [0.25, 0.3) is 0 Å². The van der Waals surface area contributed by atoms with Crippen LogP contribution >= 0.6 is 11.6 Å². The van der Waals surface area contributed by atoms with Crippen LogP contribution in [0.15, 0.2) is 42.5 Å². The summed E-state index contributed by atoms with van der Waals surface area (Å²) in [6, 6.07) is 14.1. The molecule has 3 nitrogen and oxygen atoms in total. The van der Waals surface area contributed by atoms with Crippen molar-refractivity contribution >= 4 is 11.6 Å². The first kappa shape index (κ1) is 15.7. The molecule has 0 saturated carbocycles. The van der Waals surface area contributed by atoms with E-state index in [-0.39, 0.29) is 6.04 Å². The Labute approximate surface area is 130 Å². The van der Waals surface area contributed by atoms with Crippen LogP contribution in [-0.4, -0.2) is 14.2 Å². The van der Waals surface area contributed by atoms with Gasteiger partial charge in [-0.1, -0.05) is 29.8 Å². The third-order valence-electron chi connectivity index (χ3n) is 3.43. The van der Waals surface area contributed by atoms with Crippen LogP contribution in [0, 0.1) is 0 Å². The summed E-state index contributed by atoms with van der Waals surface area (Å²) >= 11 is 5.91. The zero-order valence-electron chi connectivity index (χ0n) is 12.5. The molecule has 0 saturated heterocycles. The average molecular weight is 306 g/mol. The summed E-state index contributed by atoms with van der Waals surface area (Å²) in [5.74, 6) is 1.49. The lowest BCUT2D eigenvalue weighted by Crippen LogP contribution is -2.18. The van der Waals surface area contributed by atoms with E-state index in [1.165, 1.54) is 5.56 Å². The monoisotopic (exact) mass is 305 g/mol. The zero-order chi connectivity index (χ0) is 15.2. The van der Waals surface area contributed by atoms with Gasteiger partial charge >= 0.3 is 0 Å². The van der Waals surface area contributed by atoms with Crippen molar-refractivity contribution in [2.75, 3.05) is 14.2 Å². The maximum atomic E-state index is 5.91. The van der Waals surface area contributed by atoms with Gasteiger partial charge < -0.3 is 14.8 Å². The van der Waals surface area contributed by atoms with Crippen molar-refractivity contribution < 1.29 is 9.47 Å². The van der Waals surface area contributed by atoms with Gasteiger partial charge in [0.15, 0.2) is 11.5 Å². The van der Waals surface area contributed by atoms with Crippen molar-refractivity contribution in [1.82, 2.24) is 5.32 Å². The summed E-state index contributed by atoms with van der Waals surface area (Å²) in [6.45, 7) is 2.88. The molecule has 0 unspecified atom stereocenters. The van der Waals surface area contributed by atoms with Gasteiger partial charge in [0.05, 0.1) is 14.2 Å². The number of benzene rings is 2. The zero-order valence-corrected chi connectivity index (χ0v) is 13.3. The number of methoxy groups -OCH3 is 2. The van der Waals surface area contributed by atoms with Crippen LogP contribution in [0.2, 0.25) is 5.02 Å². The molecule has 2 rings (SSSR count). The van der Waals surface area contributed by atoms with E-state index in [2.05, 4.69) is 12.2 Å². The predicted molar refractivity (Wildman–Crippen MR) is 86.3 cm³/mol. The molecule has 1 atom stereocenters. The molecule has 0 heterocycles. The number of hydrogen-bond donors (Lipinski definition) is 1. The van der Waals surface area contributed by atoms with Gasteiger partial charge in [0, 0.05) is 17.6 Å². The van der Waals surface area contributed by atoms with E-state index in [0.717, 1.165) is 28.6 Å². The molecule has 2 aromatic rings. The van der Waals surface area contributed by atoms with Gasteiger partial charge in [0.2, 0.25) is 0 Å². The Morgan fingerprint density at radius 1 is 1.00 bits per heavy atom. The fourth-order valence-electron chi connectivity index (χ4n) is 2.13. The number of nitrogens with one attached hydrogen (secondary N) is 1. The van der Waals surface area contributed by atoms with Crippen LogP contribution in [0.5, 0.6) is 11.5 Å². The summed E-state index contributed by atoms with van der Waals surface area (Å²) < 4.78 is 10.6. The van der Waals surface area contributed by atoms with Gasteiger partial charge in [-0.25, -0.2) is 0 Å². The molecule has 0 aliphatic carbocycles. The van der Waals surface area contributed by atoms with E-state index >= 15 is 0 Å². The van der Waals surface area contributed by atoms with E-state index in [4.69, 9.17) is 21.1 Å². The Kier molecular flexibility index (Phi) is 5.48. The second-order valence-corrected chi connectivity index (χ2v) is 5.28. The first-order chi connectivity index (χ1) is 10.1. The van der Waals surface area contributed by atoms with Gasteiger partial charge in [-0.05, 0) is 42.3 Å². The second kappa shape index (κ2) is 7.34.